The van der Waals surface area contributed by atoms with E-state index in [2.05, 4.69) is 47.3 Å². The number of hydrogen-bond donors (Lipinski definition) is 0. The molecule has 0 saturated heterocycles. The molecule has 2 nitrogen and oxygen atoms in total. The third-order valence-corrected chi connectivity index (χ3v) is 3.42. The zero-order valence-corrected chi connectivity index (χ0v) is 9.99. The van der Waals surface area contributed by atoms with Crippen LogP contribution in [0.25, 0.3) is 16.6 Å². The summed E-state index contributed by atoms with van der Waals surface area (Å²) >= 11 is 6.06. The van der Waals surface area contributed by atoms with E-state index in [1.54, 1.807) is 0 Å². The fraction of sp³-hybridized carbons (Fsp3) is 0.154. The van der Waals surface area contributed by atoms with Gasteiger partial charge in [-0.25, -0.2) is 0 Å². The summed E-state index contributed by atoms with van der Waals surface area (Å²) in [5, 5.41) is 0.770. The molecule has 80 valence electrons. The molecule has 0 spiro atoms. The minimum atomic E-state index is 0.770. The fourth-order valence-electron chi connectivity index (χ4n) is 2.21. The summed E-state index contributed by atoms with van der Waals surface area (Å²) in [4.78, 5) is 0. The van der Waals surface area contributed by atoms with E-state index < -0.39 is 0 Å². The molecule has 0 radical (unpaired) electrons. The van der Waals surface area contributed by atoms with Crippen LogP contribution < -0.4 is 4.57 Å². The molecule has 0 aliphatic carbocycles. The molecule has 0 aliphatic heterocycles. The Labute approximate surface area is 98.7 Å². The zero-order chi connectivity index (χ0) is 11.3. The monoisotopic (exact) mass is 231 g/mol. The molecule has 0 unspecified atom stereocenters. The molecule has 1 aromatic carbocycles. The quantitative estimate of drug-likeness (QED) is 0.526. The van der Waals surface area contributed by atoms with Gasteiger partial charge in [-0.2, -0.15) is 4.57 Å². The third-order valence-electron chi connectivity index (χ3n) is 3.18. The van der Waals surface area contributed by atoms with Crippen LogP contribution in [0.5, 0.6) is 0 Å². The van der Waals surface area contributed by atoms with Gasteiger partial charge in [-0.15, -0.1) is 0 Å². The molecule has 3 aromatic rings. The molecule has 0 fully saturated rings. The molecule has 0 atom stereocenters. The second-order valence-electron chi connectivity index (χ2n) is 4.04. The van der Waals surface area contributed by atoms with E-state index in [4.69, 9.17) is 11.6 Å². The molecular formula is C13H12ClN2+. The van der Waals surface area contributed by atoms with Gasteiger partial charge in [0, 0.05) is 24.2 Å². The molecule has 0 saturated carbocycles. The summed E-state index contributed by atoms with van der Waals surface area (Å²) in [7, 11) is 2.08. The highest BCUT2D eigenvalue weighted by atomic mass is 35.5. The van der Waals surface area contributed by atoms with Crippen molar-refractivity contribution in [1.82, 2.24) is 4.40 Å². The van der Waals surface area contributed by atoms with Gasteiger partial charge in [-0.1, -0.05) is 11.6 Å². The summed E-state index contributed by atoms with van der Waals surface area (Å²) in [6.07, 6.45) is 2.07. The van der Waals surface area contributed by atoms with Crippen LogP contribution in [0, 0.1) is 6.92 Å². The Hall–Kier alpha value is -1.54. The summed E-state index contributed by atoms with van der Waals surface area (Å²) < 4.78 is 4.37. The highest BCUT2D eigenvalue weighted by Gasteiger charge is 2.14. The molecule has 16 heavy (non-hydrogen) atoms. The van der Waals surface area contributed by atoms with E-state index in [0.29, 0.717) is 0 Å². The molecule has 0 bridgehead atoms. The second-order valence-corrected chi connectivity index (χ2v) is 4.48. The lowest BCUT2D eigenvalue weighted by molar-refractivity contribution is -0.650. The summed E-state index contributed by atoms with van der Waals surface area (Å²) in [5.74, 6) is 0. The summed E-state index contributed by atoms with van der Waals surface area (Å²) in [6, 6.07) is 10.2. The van der Waals surface area contributed by atoms with Gasteiger partial charge in [0.25, 0.3) is 0 Å². The fourth-order valence-corrected chi connectivity index (χ4v) is 2.38. The zero-order valence-electron chi connectivity index (χ0n) is 9.24. The van der Waals surface area contributed by atoms with Gasteiger partial charge >= 0.3 is 0 Å². The Balaban J connectivity index is 2.66. The molecule has 0 aliphatic rings. The molecule has 0 amide bonds. The van der Waals surface area contributed by atoms with Crippen molar-refractivity contribution in [2.45, 2.75) is 6.92 Å². The third kappa shape index (κ3) is 1.17. The first-order valence-electron chi connectivity index (χ1n) is 5.23. The highest BCUT2D eigenvalue weighted by Crippen LogP contribution is 2.20. The van der Waals surface area contributed by atoms with Crippen molar-refractivity contribution in [1.29, 1.82) is 0 Å². The molecule has 0 N–H and O–H groups in total. The largest absolute Gasteiger partial charge is 0.306 e. The van der Waals surface area contributed by atoms with E-state index in [0.717, 1.165) is 10.5 Å². The van der Waals surface area contributed by atoms with Crippen molar-refractivity contribution < 1.29 is 4.57 Å². The van der Waals surface area contributed by atoms with E-state index in [9.17, 15) is 0 Å². The average Bonchev–Trinajstić information content (AvgIpc) is 2.75. The van der Waals surface area contributed by atoms with Crippen LogP contribution in [0.1, 0.15) is 5.69 Å². The van der Waals surface area contributed by atoms with E-state index in [1.807, 2.05) is 12.1 Å². The number of hydrogen-bond acceptors (Lipinski definition) is 0. The molecule has 2 heterocycles. The van der Waals surface area contributed by atoms with Crippen LogP contribution in [-0.2, 0) is 7.05 Å². The number of aromatic nitrogens is 2. The van der Waals surface area contributed by atoms with Crippen molar-refractivity contribution in [2.75, 3.05) is 0 Å². The van der Waals surface area contributed by atoms with Crippen LogP contribution in [0.3, 0.4) is 0 Å². The summed E-state index contributed by atoms with van der Waals surface area (Å²) in [5.41, 5.74) is 4.79. The Kier molecular flexibility index (Phi) is 1.95. The van der Waals surface area contributed by atoms with Crippen LogP contribution in [0.2, 0.25) is 5.02 Å². The van der Waals surface area contributed by atoms with Crippen LogP contribution in [0.15, 0.2) is 36.5 Å². The lowest BCUT2D eigenvalue weighted by Crippen LogP contribution is -2.33. The lowest BCUT2D eigenvalue weighted by Gasteiger charge is -2.05. The predicted octanol–water partition coefficient (Wildman–Crippen LogP) is 2.88. The van der Waals surface area contributed by atoms with Gasteiger partial charge in [0.2, 0.25) is 11.2 Å². The van der Waals surface area contributed by atoms with Crippen molar-refractivity contribution >= 4 is 28.2 Å². The molecular weight excluding hydrogens is 220 g/mol. The minimum absolute atomic E-state index is 0.770. The van der Waals surface area contributed by atoms with Crippen molar-refractivity contribution in [3.05, 3.63) is 47.2 Å². The average molecular weight is 232 g/mol. The first kappa shape index (κ1) is 9.67. The van der Waals surface area contributed by atoms with Gasteiger partial charge in [0.15, 0.2) is 0 Å². The number of nitrogens with zero attached hydrogens (tertiary/aromatic N) is 2. The van der Waals surface area contributed by atoms with E-state index >= 15 is 0 Å². The number of aryl methyl sites for hydroxylation is 2. The molecule has 3 heteroatoms. The van der Waals surface area contributed by atoms with Gasteiger partial charge in [0.1, 0.15) is 18.1 Å². The number of rotatable bonds is 0. The Morgan fingerprint density at radius 1 is 1.19 bits per heavy atom. The molecule has 3 rings (SSSR count). The smallest absolute Gasteiger partial charge is 0.229 e. The maximum atomic E-state index is 6.06. The van der Waals surface area contributed by atoms with Gasteiger partial charge in [0.05, 0.1) is 0 Å². The lowest BCUT2D eigenvalue weighted by atomic mass is 10.2. The SMILES string of the molecule is Cc1c2cccn2c2cc(Cl)ccc2[n+]1C. The van der Waals surface area contributed by atoms with Gasteiger partial charge < -0.3 is 4.40 Å². The van der Waals surface area contributed by atoms with Crippen molar-refractivity contribution in [3.8, 4) is 0 Å². The van der Waals surface area contributed by atoms with Crippen LogP contribution >= 0.6 is 11.6 Å². The summed E-state index contributed by atoms with van der Waals surface area (Å²) in [6.45, 7) is 2.13. The first-order valence-corrected chi connectivity index (χ1v) is 5.61. The van der Waals surface area contributed by atoms with Crippen LogP contribution in [-0.4, -0.2) is 4.40 Å². The van der Waals surface area contributed by atoms with Crippen molar-refractivity contribution in [3.63, 3.8) is 0 Å². The van der Waals surface area contributed by atoms with Gasteiger partial charge in [-0.3, -0.25) is 0 Å². The maximum Gasteiger partial charge on any atom is 0.229 e. The number of fused-ring (bicyclic) bond motifs is 3. The maximum absolute atomic E-state index is 6.06. The first-order chi connectivity index (χ1) is 7.68. The Bertz CT molecular complexity index is 698. The Morgan fingerprint density at radius 2 is 2.00 bits per heavy atom. The predicted molar refractivity (Wildman–Crippen MR) is 65.8 cm³/mol. The topological polar surface area (TPSA) is 8.29 Å². The Morgan fingerprint density at radius 3 is 2.81 bits per heavy atom. The van der Waals surface area contributed by atoms with Gasteiger partial charge in [-0.05, 0) is 24.3 Å². The number of benzene rings is 1. The molecule has 2 aromatic heterocycles. The van der Waals surface area contributed by atoms with E-state index in [1.165, 1.54) is 16.7 Å². The minimum Gasteiger partial charge on any atom is -0.306 e. The highest BCUT2D eigenvalue weighted by molar-refractivity contribution is 6.31. The van der Waals surface area contributed by atoms with Crippen molar-refractivity contribution in [2.24, 2.45) is 7.05 Å². The normalized spacial score (nSPS) is 11.4. The number of halogens is 1. The van der Waals surface area contributed by atoms with Crippen LogP contribution in [0.4, 0.5) is 0 Å². The van der Waals surface area contributed by atoms with E-state index in [-0.39, 0.29) is 0 Å². The second kappa shape index (κ2) is 3.22. The standard InChI is InChI=1S/C13H12ClN2/c1-9-11-4-3-7-16(11)13-8-10(14)5-6-12(13)15(9)2/h3-8H,1-2H3/q+1.